The number of amides is 1. The summed E-state index contributed by atoms with van der Waals surface area (Å²) in [5, 5.41) is 16.7. The molecule has 0 spiro atoms. The first kappa shape index (κ1) is 16.6. The molecule has 1 fully saturated rings. The van der Waals surface area contributed by atoms with Gasteiger partial charge >= 0.3 is 5.82 Å². The van der Waals surface area contributed by atoms with Crippen molar-refractivity contribution in [3.05, 3.63) is 43.8 Å². The Morgan fingerprint density at radius 2 is 2.00 bits per heavy atom. The molecule has 3 rings (SSSR count). The maximum Gasteiger partial charge on any atom is 0.390 e. The minimum Gasteiger partial charge on any atom is -0.358 e. The molecule has 24 heavy (non-hydrogen) atoms. The van der Waals surface area contributed by atoms with Crippen LogP contribution >= 0.6 is 11.3 Å². The van der Waals surface area contributed by atoms with Crippen molar-refractivity contribution in [1.82, 2.24) is 14.7 Å². The molecule has 1 amide bonds. The van der Waals surface area contributed by atoms with Crippen molar-refractivity contribution in [2.75, 3.05) is 13.1 Å². The summed E-state index contributed by atoms with van der Waals surface area (Å²) in [6.45, 7) is 3.88. The van der Waals surface area contributed by atoms with Crippen molar-refractivity contribution in [2.24, 2.45) is 0 Å². The van der Waals surface area contributed by atoms with Gasteiger partial charge in [-0.3, -0.25) is 4.79 Å². The quantitative estimate of drug-likeness (QED) is 0.627. The van der Waals surface area contributed by atoms with Gasteiger partial charge in [0.05, 0.1) is 28.3 Å². The Balaban J connectivity index is 1.71. The van der Waals surface area contributed by atoms with E-state index >= 15 is 0 Å². The van der Waals surface area contributed by atoms with Crippen LogP contribution in [0.2, 0.25) is 0 Å². The SMILES string of the molecule is Cc1cc([N+](=O)[O-])nn1Cc1csc(C(=O)N2CCCCCC2)c1. The zero-order chi connectivity index (χ0) is 17.1. The van der Waals surface area contributed by atoms with E-state index in [0.717, 1.165) is 42.1 Å². The fraction of sp³-hybridized carbons (Fsp3) is 0.500. The molecule has 1 saturated heterocycles. The number of nitrogens with zero attached hydrogens (tertiary/aromatic N) is 4. The molecule has 0 bridgehead atoms. The fourth-order valence-electron chi connectivity index (χ4n) is 2.92. The lowest BCUT2D eigenvalue weighted by atomic mass is 10.2. The summed E-state index contributed by atoms with van der Waals surface area (Å²) < 4.78 is 1.60. The molecule has 0 radical (unpaired) electrons. The van der Waals surface area contributed by atoms with E-state index in [-0.39, 0.29) is 11.7 Å². The van der Waals surface area contributed by atoms with Crippen LogP contribution in [-0.2, 0) is 6.54 Å². The minimum absolute atomic E-state index is 0.0938. The topological polar surface area (TPSA) is 81.3 Å². The Morgan fingerprint density at radius 1 is 1.29 bits per heavy atom. The summed E-state index contributed by atoms with van der Waals surface area (Å²) in [7, 11) is 0. The van der Waals surface area contributed by atoms with E-state index in [2.05, 4.69) is 5.10 Å². The summed E-state index contributed by atoms with van der Waals surface area (Å²) >= 11 is 1.43. The molecule has 0 N–H and O–H groups in total. The Morgan fingerprint density at radius 3 is 2.62 bits per heavy atom. The molecule has 2 aromatic rings. The monoisotopic (exact) mass is 348 g/mol. The molecule has 128 valence electrons. The van der Waals surface area contributed by atoms with Crippen LogP contribution in [0.25, 0.3) is 0 Å². The van der Waals surface area contributed by atoms with Crippen LogP contribution in [0, 0.1) is 17.0 Å². The third kappa shape index (κ3) is 3.64. The molecular weight excluding hydrogens is 328 g/mol. The van der Waals surface area contributed by atoms with Gasteiger partial charge in [0, 0.05) is 13.1 Å². The van der Waals surface area contributed by atoms with Crippen LogP contribution in [-0.4, -0.2) is 38.6 Å². The lowest BCUT2D eigenvalue weighted by Gasteiger charge is -2.19. The number of rotatable bonds is 4. The van der Waals surface area contributed by atoms with Crippen molar-refractivity contribution in [3.8, 4) is 0 Å². The zero-order valence-electron chi connectivity index (χ0n) is 13.6. The van der Waals surface area contributed by atoms with Gasteiger partial charge in [-0.25, -0.2) is 0 Å². The van der Waals surface area contributed by atoms with E-state index in [1.165, 1.54) is 30.2 Å². The molecule has 0 unspecified atom stereocenters. The van der Waals surface area contributed by atoms with Crippen LogP contribution in [0.5, 0.6) is 0 Å². The Hall–Kier alpha value is -2.22. The summed E-state index contributed by atoms with van der Waals surface area (Å²) in [5.41, 5.74) is 1.67. The molecular formula is C16H20N4O3S. The first-order chi connectivity index (χ1) is 11.5. The number of nitro groups is 1. The van der Waals surface area contributed by atoms with E-state index in [1.54, 1.807) is 11.6 Å². The highest BCUT2D eigenvalue weighted by Crippen LogP contribution is 2.21. The lowest BCUT2D eigenvalue weighted by molar-refractivity contribution is -0.389. The standard InChI is InChI=1S/C16H20N4O3S/c1-12-8-15(20(22)23)17-19(12)10-13-9-14(24-11-13)16(21)18-6-4-2-3-5-7-18/h8-9,11H,2-7,10H2,1H3. The normalized spacial score (nSPS) is 15.3. The van der Waals surface area contributed by atoms with Gasteiger partial charge in [-0.2, -0.15) is 4.68 Å². The second-order valence-electron chi connectivity index (χ2n) is 6.08. The summed E-state index contributed by atoms with van der Waals surface area (Å²) in [4.78, 5) is 25.6. The van der Waals surface area contributed by atoms with Gasteiger partial charge in [0.25, 0.3) is 5.91 Å². The van der Waals surface area contributed by atoms with E-state index in [4.69, 9.17) is 0 Å². The Kier molecular flexibility index (Phi) is 4.94. The second kappa shape index (κ2) is 7.12. The third-order valence-electron chi connectivity index (χ3n) is 4.25. The molecule has 7 nitrogen and oxygen atoms in total. The number of hydrogen-bond acceptors (Lipinski definition) is 5. The Bertz CT molecular complexity index is 744. The molecule has 1 aliphatic heterocycles. The highest BCUT2D eigenvalue weighted by atomic mass is 32.1. The lowest BCUT2D eigenvalue weighted by Crippen LogP contribution is -2.31. The number of aromatic nitrogens is 2. The van der Waals surface area contributed by atoms with Crippen LogP contribution in [0.3, 0.4) is 0 Å². The predicted octanol–water partition coefficient (Wildman–Crippen LogP) is 3.23. The molecule has 0 aromatic carbocycles. The average molecular weight is 348 g/mol. The van der Waals surface area contributed by atoms with Gasteiger partial charge < -0.3 is 15.0 Å². The molecule has 0 aliphatic carbocycles. The van der Waals surface area contributed by atoms with Crippen molar-refractivity contribution < 1.29 is 9.72 Å². The number of carbonyl (C=O) groups is 1. The first-order valence-electron chi connectivity index (χ1n) is 8.10. The maximum absolute atomic E-state index is 12.6. The molecule has 0 saturated carbocycles. The summed E-state index contributed by atoms with van der Waals surface area (Å²) in [6, 6.07) is 3.33. The molecule has 2 aromatic heterocycles. The molecule has 3 heterocycles. The number of likely N-dealkylation sites (tertiary alicyclic amines) is 1. The van der Waals surface area contributed by atoms with E-state index < -0.39 is 4.92 Å². The van der Waals surface area contributed by atoms with E-state index in [1.807, 2.05) is 16.3 Å². The van der Waals surface area contributed by atoms with Gasteiger partial charge in [0.15, 0.2) is 0 Å². The van der Waals surface area contributed by atoms with Crippen LogP contribution in [0.1, 0.15) is 46.6 Å². The number of aryl methyl sites for hydroxylation is 1. The largest absolute Gasteiger partial charge is 0.390 e. The van der Waals surface area contributed by atoms with Crippen LogP contribution in [0.15, 0.2) is 17.5 Å². The number of carbonyl (C=O) groups excluding carboxylic acids is 1. The van der Waals surface area contributed by atoms with Gasteiger partial charge in [0.2, 0.25) is 0 Å². The van der Waals surface area contributed by atoms with Crippen LogP contribution < -0.4 is 0 Å². The van der Waals surface area contributed by atoms with Gasteiger partial charge in [0.1, 0.15) is 0 Å². The molecule has 8 heteroatoms. The van der Waals surface area contributed by atoms with Crippen molar-refractivity contribution in [2.45, 2.75) is 39.2 Å². The van der Waals surface area contributed by atoms with Crippen molar-refractivity contribution in [3.63, 3.8) is 0 Å². The third-order valence-corrected chi connectivity index (χ3v) is 5.21. The number of hydrogen-bond donors (Lipinski definition) is 0. The van der Waals surface area contributed by atoms with E-state index in [9.17, 15) is 14.9 Å². The maximum atomic E-state index is 12.6. The van der Waals surface area contributed by atoms with Gasteiger partial charge in [-0.05, 0) is 41.7 Å². The smallest absolute Gasteiger partial charge is 0.358 e. The average Bonchev–Trinajstić information content (AvgIpc) is 3.05. The number of thiophene rings is 1. The minimum atomic E-state index is -0.495. The summed E-state index contributed by atoms with van der Waals surface area (Å²) in [5.74, 6) is -0.0556. The highest BCUT2D eigenvalue weighted by molar-refractivity contribution is 7.12. The van der Waals surface area contributed by atoms with Gasteiger partial charge in [-0.1, -0.05) is 12.8 Å². The molecule has 1 aliphatic rings. The van der Waals surface area contributed by atoms with Crippen LogP contribution in [0.4, 0.5) is 5.82 Å². The van der Waals surface area contributed by atoms with Crippen molar-refractivity contribution >= 4 is 23.1 Å². The second-order valence-corrected chi connectivity index (χ2v) is 7.00. The fourth-order valence-corrected chi connectivity index (χ4v) is 3.79. The summed E-state index contributed by atoms with van der Waals surface area (Å²) in [6.07, 6.45) is 4.52. The van der Waals surface area contributed by atoms with Crippen molar-refractivity contribution in [1.29, 1.82) is 0 Å². The molecule has 0 atom stereocenters. The van der Waals surface area contributed by atoms with Gasteiger partial charge in [-0.15, -0.1) is 11.3 Å². The first-order valence-corrected chi connectivity index (χ1v) is 8.98. The Labute approximate surface area is 144 Å². The predicted molar refractivity (Wildman–Crippen MR) is 91.4 cm³/mol. The van der Waals surface area contributed by atoms with E-state index in [0.29, 0.717) is 6.54 Å². The highest BCUT2D eigenvalue weighted by Gasteiger charge is 2.20. The zero-order valence-corrected chi connectivity index (χ0v) is 14.4.